The Hall–Kier alpha value is 0.00870. The summed E-state index contributed by atoms with van der Waals surface area (Å²) in [5, 5.41) is 0. The van der Waals surface area contributed by atoms with Crippen molar-refractivity contribution in [2.75, 3.05) is 0 Å². The summed E-state index contributed by atoms with van der Waals surface area (Å²) in [6.07, 6.45) is 1.80. The van der Waals surface area contributed by atoms with Crippen LogP contribution in [0.3, 0.4) is 0 Å². The Morgan fingerprint density at radius 2 is 2.00 bits per heavy atom. The van der Waals surface area contributed by atoms with E-state index in [1.165, 1.54) is 0 Å². The van der Waals surface area contributed by atoms with Crippen molar-refractivity contribution in [3.63, 3.8) is 0 Å². The van der Waals surface area contributed by atoms with Crippen molar-refractivity contribution in [2.45, 2.75) is 21.7 Å². The summed E-state index contributed by atoms with van der Waals surface area (Å²) in [5.41, 5.74) is 0. The molecular weight excluding hydrogens is 233 g/mol. The first-order chi connectivity index (χ1) is 4.50. The van der Waals surface area contributed by atoms with Gasteiger partial charge in [0.2, 0.25) is 0 Å². The zero-order valence-corrected chi connectivity index (χ0v) is 9.79. The zero-order valence-electron chi connectivity index (χ0n) is 6.93. The first-order valence-electron chi connectivity index (χ1n) is 3.43. The maximum atomic E-state index is 5.43. The number of aromatic nitrogens is 1. The molecule has 0 saturated carbocycles. The van der Waals surface area contributed by atoms with Crippen molar-refractivity contribution < 1.29 is 4.42 Å². The van der Waals surface area contributed by atoms with Gasteiger partial charge in [-0.3, -0.25) is 0 Å². The monoisotopic (exact) mass is 247 g/mol. The van der Waals surface area contributed by atoms with Gasteiger partial charge < -0.3 is 0 Å². The van der Waals surface area contributed by atoms with Crippen LogP contribution in [-0.2, 0) is 0 Å². The van der Waals surface area contributed by atoms with Crippen molar-refractivity contribution >= 4 is 22.3 Å². The Bertz CT molecular complexity index is 224. The van der Waals surface area contributed by atoms with Gasteiger partial charge in [-0.1, -0.05) is 0 Å². The van der Waals surface area contributed by atoms with Crippen LogP contribution < -0.4 is 3.91 Å². The molecule has 0 fully saturated rings. The zero-order chi connectivity index (χ0) is 7.78. The second-order valence-electron chi connectivity index (χ2n) is 3.53. The third-order valence-electron chi connectivity index (χ3n) is 1.26. The summed E-state index contributed by atoms with van der Waals surface area (Å²) in [5.74, 6) is 0.932. The predicted octanol–water partition coefficient (Wildman–Crippen LogP) is 1.53. The van der Waals surface area contributed by atoms with Crippen LogP contribution in [0.2, 0.25) is 14.8 Å². The molecule has 1 aromatic heterocycles. The minimum atomic E-state index is -1.97. The number of oxazole rings is 1. The summed E-state index contributed by atoms with van der Waals surface area (Å²) in [6.45, 7) is 1.94. The molecule has 2 nitrogen and oxygen atoms in total. The molecule has 0 N–H and O–H groups in total. The second kappa shape index (κ2) is 2.57. The fourth-order valence-electron chi connectivity index (χ4n) is 0.701. The Morgan fingerprint density at radius 3 is 2.20 bits per heavy atom. The van der Waals surface area contributed by atoms with E-state index in [4.69, 9.17) is 4.42 Å². The molecule has 1 aromatic rings. The molecule has 56 valence electrons. The fourth-order valence-corrected chi connectivity index (χ4v) is 3.32. The van der Waals surface area contributed by atoms with E-state index in [0.29, 0.717) is 0 Å². The molecule has 0 unspecified atom stereocenters. The fraction of sp³-hybridized carbons (Fsp3) is 0.571. The van der Waals surface area contributed by atoms with Gasteiger partial charge in [0, 0.05) is 0 Å². The van der Waals surface area contributed by atoms with Gasteiger partial charge in [0.1, 0.15) is 0 Å². The molecule has 1 heterocycles. The molecule has 0 aliphatic heterocycles. The van der Waals surface area contributed by atoms with E-state index in [-0.39, 0.29) is 0 Å². The Balaban J connectivity index is 2.96. The predicted molar refractivity (Wildman–Crippen MR) is 44.2 cm³/mol. The summed E-state index contributed by atoms with van der Waals surface area (Å²) in [4.78, 5) is 11.1. The first-order valence-corrected chi connectivity index (χ1v) is 13.4. The van der Waals surface area contributed by atoms with E-state index in [0.717, 1.165) is 9.67 Å². The van der Waals surface area contributed by atoms with Gasteiger partial charge in [-0.25, -0.2) is 0 Å². The van der Waals surface area contributed by atoms with E-state index in [2.05, 4.69) is 19.8 Å². The Labute approximate surface area is 65.5 Å². The maximum absolute atomic E-state index is 5.43. The van der Waals surface area contributed by atoms with Crippen molar-refractivity contribution in [1.82, 2.24) is 4.98 Å². The molecule has 0 aromatic carbocycles. The van der Waals surface area contributed by atoms with Crippen LogP contribution in [0.25, 0.3) is 0 Å². The van der Waals surface area contributed by atoms with E-state index in [1.54, 1.807) is 6.20 Å². The van der Waals surface area contributed by atoms with E-state index in [9.17, 15) is 0 Å². The van der Waals surface area contributed by atoms with Crippen LogP contribution in [0.15, 0.2) is 10.6 Å². The SMILES string of the molecule is Cc1cn[c]([Sn]([CH3])([CH3])[CH3])o1. The van der Waals surface area contributed by atoms with Gasteiger partial charge in [-0.2, -0.15) is 0 Å². The van der Waals surface area contributed by atoms with Crippen LogP contribution >= 0.6 is 0 Å². The number of aryl methyl sites for hydroxylation is 1. The van der Waals surface area contributed by atoms with Gasteiger partial charge in [0.05, 0.1) is 0 Å². The van der Waals surface area contributed by atoms with E-state index in [1.807, 2.05) is 6.92 Å². The van der Waals surface area contributed by atoms with Crippen molar-refractivity contribution in [2.24, 2.45) is 0 Å². The van der Waals surface area contributed by atoms with Crippen molar-refractivity contribution in [1.29, 1.82) is 0 Å². The summed E-state index contributed by atoms with van der Waals surface area (Å²) in [6, 6.07) is 0. The van der Waals surface area contributed by atoms with Crippen molar-refractivity contribution in [3.05, 3.63) is 12.0 Å². The van der Waals surface area contributed by atoms with Gasteiger partial charge in [0.25, 0.3) is 0 Å². The third kappa shape index (κ3) is 1.75. The minimum absolute atomic E-state index is 0.932. The number of rotatable bonds is 1. The topological polar surface area (TPSA) is 26.0 Å². The molecule has 0 aliphatic carbocycles. The third-order valence-corrected chi connectivity index (χ3v) is 5.58. The van der Waals surface area contributed by atoms with Crippen LogP contribution in [0.4, 0.5) is 0 Å². The average molecular weight is 246 g/mol. The molecule has 0 radical (unpaired) electrons. The molecule has 1 rings (SSSR count). The number of hydrogen-bond donors (Lipinski definition) is 0. The average Bonchev–Trinajstić information content (AvgIpc) is 2.11. The van der Waals surface area contributed by atoms with Crippen LogP contribution in [0.5, 0.6) is 0 Å². The molecule has 3 heteroatoms. The Morgan fingerprint density at radius 1 is 1.40 bits per heavy atom. The summed E-state index contributed by atoms with van der Waals surface area (Å²) < 4.78 is 6.45. The van der Waals surface area contributed by atoms with Gasteiger partial charge in [-0.05, 0) is 0 Å². The molecule has 0 bridgehead atoms. The second-order valence-corrected chi connectivity index (χ2v) is 17.6. The number of nitrogens with zero attached hydrogens (tertiary/aromatic N) is 1. The molecule has 10 heavy (non-hydrogen) atoms. The summed E-state index contributed by atoms with van der Waals surface area (Å²) in [7, 11) is 0. The normalized spacial score (nSPS) is 12.0. The van der Waals surface area contributed by atoms with Crippen LogP contribution in [0, 0.1) is 6.92 Å². The van der Waals surface area contributed by atoms with Crippen LogP contribution in [-0.4, -0.2) is 23.4 Å². The quantitative estimate of drug-likeness (QED) is 0.702. The van der Waals surface area contributed by atoms with Crippen LogP contribution in [0.1, 0.15) is 5.76 Å². The molecule has 0 spiro atoms. The Kier molecular flexibility index (Phi) is 2.08. The van der Waals surface area contributed by atoms with Crippen molar-refractivity contribution in [3.8, 4) is 0 Å². The van der Waals surface area contributed by atoms with E-state index < -0.39 is 18.4 Å². The van der Waals surface area contributed by atoms with Gasteiger partial charge in [0.15, 0.2) is 0 Å². The van der Waals surface area contributed by atoms with Gasteiger partial charge >= 0.3 is 65.4 Å². The summed E-state index contributed by atoms with van der Waals surface area (Å²) >= 11 is -1.97. The molecular formula is C7H13NOSn. The molecule has 0 saturated heterocycles. The molecule has 0 atom stereocenters. The number of hydrogen-bond acceptors (Lipinski definition) is 2. The first kappa shape index (κ1) is 8.11. The van der Waals surface area contributed by atoms with E-state index >= 15 is 0 Å². The standard InChI is InChI=1S/C4H4NO.3CH3.Sn/c1-4-2-5-3-6-4;;;;/h2H,1H3;3*1H3;. The molecule has 0 amide bonds. The van der Waals surface area contributed by atoms with Gasteiger partial charge in [-0.15, -0.1) is 0 Å². The molecule has 0 aliphatic rings.